The van der Waals surface area contributed by atoms with Crippen LogP contribution in [-0.2, 0) is 16.0 Å². The highest BCUT2D eigenvalue weighted by Crippen LogP contribution is 2.27. The number of hydrogen-bond donors (Lipinski definition) is 0. The van der Waals surface area contributed by atoms with Gasteiger partial charge in [-0.05, 0) is 19.1 Å². The molecule has 1 atom stereocenters. The summed E-state index contributed by atoms with van der Waals surface area (Å²) in [6, 6.07) is 3.15. The Morgan fingerprint density at radius 1 is 1.62 bits per heavy atom. The van der Waals surface area contributed by atoms with Gasteiger partial charge in [-0.1, -0.05) is 11.6 Å². The molecule has 5 heteroatoms. The molecule has 0 fully saturated rings. The third-order valence-corrected chi connectivity index (χ3v) is 2.70. The summed E-state index contributed by atoms with van der Waals surface area (Å²) in [5.41, 5.74) is 1.05. The molecule has 0 bridgehead atoms. The molecule has 0 saturated carbocycles. The highest BCUT2D eigenvalue weighted by molar-refractivity contribution is 6.29. The largest absolute Gasteiger partial charge is 0.465 e. The van der Waals surface area contributed by atoms with Crippen molar-refractivity contribution in [1.29, 1.82) is 0 Å². The van der Waals surface area contributed by atoms with Crippen molar-refractivity contribution in [3.05, 3.63) is 28.5 Å². The Labute approximate surface area is 97.6 Å². The van der Waals surface area contributed by atoms with Crippen LogP contribution in [0.1, 0.15) is 23.0 Å². The Hall–Kier alpha value is -1.42. The van der Waals surface area contributed by atoms with Crippen LogP contribution in [-0.4, -0.2) is 23.3 Å². The summed E-state index contributed by atoms with van der Waals surface area (Å²) < 4.78 is 4.84. The molecular formula is C11H10ClNO3. The van der Waals surface area contributed by atoms with E-state index in [1.165, 1.54) is 0 Å². The van der Waals surface area contributed by atoms with E-state index in [1.807, 2.05) is 0 Å². The Morgan fingerprint density at radius 3 is 3.06 bits per heavy atom. The summed E-state index contributed by atoms with van der Waals surface area (Å²) in [7, 11) is 0. The first kappa shape index (κ1) is 11.1. The van der Waals surface area contributed by atoms with Gasteiger partial charge in [0.05, 0.1) is 12.3 Å². The third kappa shape index (κ3) is 1.80. The number of rotatable bonds is 2. The van der Waals surface area contributed by atoms with Crippen LogP contribution in [0.5, 0.6) is 0 Å². The Kier molecular flexibility index (Phi) is 2.92. The molecule has 0 unspecified atom stereocenters. The minimum absolute atomic E-state index is 0.224. The minimum Gasteiger partial charge on any atom is -0.465 e. The molecule has 4 nitrogen and oxygen atoms in total. The molecule has 0 radical (unpaired) electrons. The average molecular weight is 240 g/mol. The standard InChI is InChI=1S/C11H10ClNO3/c1-2-16-11(15)7-5-8-6(10(7)14)3-4-9(12)13-8/h3-4,7H,2,5H2,1H3/t7-/m1/s1. The fourth-order valence-electron chi connectivity index (χ4n) is 1.76. The average Bonchev–Trinajstić information content (AvgIpc) is 2.56. The molecule has 1 aromatic heterocycles. The zero-order chi connectivity index (χ0) is 11.7. The smallest absolute Gasteiger partial charge is 0.317 e. The number of nitrogens with zero attached hydrogens (tertiary/aromatic N) is 1. The normalized spacial score (nSPS) is 18.4. The van der Waals surface area contributed by atoms with Gasteiger partial charge in [-0.3, -0.25) is 9.59 Å². The molecule has 1 heterocycles. The van der Waals surface area contributed by atoms with Gasteiger partial charge in [-0.2, -0.15) is 0 Å². The third-order valence-electron chi connectivity index (χ3n) is 2.49. The Bertz CT molecular complexity index is 459. The lowest BCUT2D eigenvalue weighted by atomic mass is 10.1. The van der Waals surface area contributed by atoms with Gasteiger partial charge in [0.25, 0.3) is 0 Å². The summed E-state index contributed by atoms with van der Waals surface area (Å²) in [5.74, 6) is -1.46. The van der Waals surface area contributed by atoms with Crippen LogP contribution >= 0.6 is 11.6 Å². The molecule has 1 aromatic rings. The first-order chi connectivity index (χ1) is 7.63. The predicted molar refractivity (Wildman–Crippen MR) is 57.4 cm³/mol. The summed E-state index contributed by atoms with van der Waals surface area (Å²) in [5, 5.41) is 0.330. The number of fused-ring (bicyclic) bond motifs is 1. The molecule has 0 amide bonds. The van der Waals surface area contributed by atoms with E-state index < -0.39 is 11.9 Å². The maximum atomic E-state index is 11.8. The van der Waals surface area contributed by atoms with Gasteiger partial charge in [0, 0.05) is 12.0 Å². The molecule has 1 aliphatic rings. The highest BCUT2D eigenvalue weighted by atomic mass is 35.5. The summed E-state index contributed by atoms with van der Waals surface area (Å²) in [6.07, 6.45) is 0.285. The van der Waals surface area contributed by atoms with Crippen LogP contribution in [0.4, 0.5) is 0 Å². The van der Waals surface area contributed by atoms with E-state index in [1.54, 1.807) is 19.1 Å². The minimum atomic E-state index is -0.749. The van der Waals surface area contributed by atoms with Crippen molar-refractivity contribution < 1.29 is 14.3 Å². The maximum Gasteiger partial charge on any atom is 0.317 e. The second kappa shape index (κ2) is 4.22. The van der Waals surface area contributed by atoms with Crippen molar-refractivity contribution in [2.24, 2.45) is 5.92 Å². The number of hydrogen-bond acceptors (Lipinski definition) is 4. The fourth-order valence-corrected chi connectivity index (χ4v) is 1.93. The van der Waals surface area contributed by atoms with E-state index in [4.69, 9.17) is 16.3 Å². The summed E-state index contributed by atoms with van der Waals surface area (Å²) >= 11 is 5.72. The second-order valence-electron chi connectivity index (χ2n) is 3.50. The number of aromatic nitrogens is 1. The van der Waals surface area contributed by atoms with Crippen molar-refractivity contribution in [1.82, 2.24) is 4.98 Å². The second-order valence-corrected chi connectivity index (χ2v) is 3.89. The molecule has 0 spiro atoms. The molecule has 0 N–H and O–H groups in total. The zero-order valence-electron chi connectivity index (χ0n) is 8.70. The van der Waals surface area contributed by atoms with E-state index in [2.05, 4.69) is 4.98 Å². The summed E-state index contributed by atoms with van der Waals surface area (Å²) in [6.45, 7) is 1.98. The van der Waals surface area contributed by atoms with Crippen molar-refractivity contribution in [3.63, 3.8) is 0 Å². The number of carbonyl (C=O) groups excluding carboxylic acids is 2. The Balaban J connectivity index is 2.27. The van der Waals surface area contributed by atoms with Gasteiger partial charge >= 0.3 is 5.97 Å². The van der Waals surface area contributed by atoms with Crippen LogP contribution in [0, 0.1) is 5.92 Å². The number of esters is 1. The fraction of sp³-hybridized carbons (Fsp3) is 0.364. The van der Waals surface area contributed by atoms with Gasteiger partial charge in [0.2, 0.25) is 0 Å². The van der Waals surface area contributed by atoms with E-state index in [0.717, 1.165) is 0 Å². The zero-order valence-corrected chi connectivity index (χ0v) is 9.45. The van der Waals surface area contributed by atoms with Crippen LogP contribution in [0.3, 0.4) is 0 Å². The van der Waals surface area contributed by atoms with Crippen LogP contribution in [0.15, 0.2) is 12.1 Å². The number of ketones is 1. The molecule has 84 valence electrons. The first-order valence-electron chi connectivity index (χ1n) is 4.99. The molecule has 0 aliphatic heterocycles. The maximum absolute atomic E-state index is 11.8. The van der Waals surface area contributed by atoms with Gasteiger partial charge in [0.1, 0.15) is 11.1 Å². The lowest BCUT2D eigenvalue weighted by molar-refractivity contribution is -0.145. The van der Waals surface area contributed by atoms with Crippen LogP contribution < -0.4 is 0 Å². The number of ether oxygens (including phenoxy) is 1. The quantitative estimate of drug-likeness (QED) is 0.447. The van der Waals surface area contributed by atoms with E-state index >= 15 is 0 Å². The number of pyridine rings is 1. The SMILES string of the molecule is CCOC(=O)[C@@H]1Cc2nc(Cl)ccc2C1=O. The molecule has 1 aliphatic carbocycles. The predicted octanol–water partition coefficient (Wildman–Crippen LogP) is 1.65. The molecule has 16 heavy (non-hydrogen) atoms. The molecular weight excluding hydrogens is 230 g/mol. The van der Waals surface area contributed by atoms with Gasteiger partial charge in [-0.25, -0.2) is 4.98 Å². The van der Waals surface area contributed by atoms with Crippen molar-refractivity contribution in [3.8, 4) is 0 Å². The van der Waals surface area contributed by atoms with E-state index in [-0.39, 0.29) is 18.8 Å². The van der Waals surface area contributed by atoms with Crippen LogP contribution in [0.2, 0.25) is 5.15 Å². The Morgan fingerprint density at radius 2 is 2.38 bits per heavy atom. The van der Waals surface area contributed by atoms with Crippen molar-refractivity contribution in [2.75, 3.05) is 6.61 Å². The molecule has 0 saturated heterocycles. The van der Waals surface area contributed by atoms with Crippen molar-refractivity contribution >= 4 is 23.4 Å². The number of halogens is 1. The monoisotopic (exact) mass is 239 g/mol. The van der Waals surface area contributed by atoms with E-state index in [9.17, 15) is 9.59 Å². The number of Topliss-reactive ketones (excluding diaryl/α,β-unsaturated/α-hetero) is 1. The molecule has 2 rings (SSSR count). The lowest BCUT2D eigenvalue weighted by Crippen LogP contribution is -2.23. The summed E-state index contributed by atoms with van der Waals surface area (Å²) in [4.78, 5) is 27.4. The topological polar surface area (TPSA) is 56.3 Å². The van der Waals surface area contributed by atoms with Gasteiger partial charge in [-0.15, -0.1) is 0 Å². The molecule has 0 aromatic carbocycles. The first-order valence-corrected chi connectivity index (χ1v) is 5.37. The van der Waals surface area contributed by atoms with E-state index in [0.29, 0.717) is 16.4 Å². The number of carbonyl (C=O) groups is 2. The van der Waals surface area contributed by atoms with Crippen LogP contribution in [0.25, 0.3) is 0 Å². The van der Waals surface area contributed by atoms with Crippen molar-refractivity contribution in [2.45, 2.75) is 13.3 Å². The van der Waals surface area contributed by atoms with Gasteiger partial charge < -0.3 is 4.74 Å². The van der Waals surface area contributed by atoms with Gasteiger partial charge in [0.15, 0.2) is 5.78 Å². The highest BCUT2D eigenvalue weighted by Gasteiger charge is 2.37. The lowest BCUT2D eigenvalue weighted by Gasteiger charge is -2.05.